The molecule has 0 N–H and O–H groups in total. The van der Waals surface area contributed by atoms with E-state index in [2.05, 4.69) is 4.90 Å². The van der Waals surface area contributed by atoms with E-state index in [0.717, 1.165) is 18.0 Å². The van der Waals surface area contributed by atoms with Gasteiger partial charge >= 0.3 is 0 Å². The number of imide groups is 1. The van der Waals surface area contributed by atoms with Crippen molar-refractivity contribution in [3.63, 3.8) is 0 Å². The molecule has 0 saturated carbocycles. The monoisotopic (exact) mass is 452 g/mol. The molecule has 10 heteroatoms. The molecular weight excluding hydrogens is 428 g/mol. The van der Waals surface area contributed by atoms with Gasteiger partial charge in [0.1, 0.15) is 17.2 Å². The molecule has 33 heavy (non-hydrogen) atoms. The molecule has 2 aliphatic heterocycles. The first-order chi connectivity index (χ1) is 15.8. The normalized spacial score (nSPS) is 17.1. The first-order valence-corrected chi connectivity index (χ1v) is 10.4. The maximum atomic E-state index is 13.7. The van der Waals surface area contributed by atoms with E-state index in [4.69, 9.17) is 9.47 Å². The van der Waals surface area contributed by atoms with Gasteiger partial charge in [0.25, 0.3) is 17.5 Å². The number of hydrogen-bond donors (Lipinski definition) is 0. The molecule has 0 unspecified atom stereocenters. The minimum absolute atomic E-state index is 0.0911. The third kappa shape index (κ3) is 4.12. The van der Waals surface area contributed by atoms with Gasteiger partial charge in [-0.1, -0.05) is 0 Å². The molecule has 172 valence electrons. The minimum atomic E-state index is -0.504. The topological polar surface area (TPSA) is 105 Å². The van der Waals surface area contributed by atoms with Crippen LogP contribution in [-0.4, -0.2) is 74.0 Å². The van der Waals surface area contributed by atoms with Crippen LogP contribution >= 0.6 is 0 Å². The van der Waals surface area contributed by atoms with Gasteiger partial charge in [0.15, 0.2) is 0 Å². The van der Waals surface area contributed by atoms with E-state index < -0.39 is 16.7 Å². The van der Waals surface area contributed by atoms with E-state index in [1.807, 2.05) is 11.9 Å². The standard InChI is InChI=1S/C23H24N4O6/c1-24-8-10-25(11-9-24)21-20(15-4-6-16(7-5-15)27(30)31)22(28)26(23(21)29)17-12-18(32-2)14-19(13-17)33-3/h4-7,12-14H,8-11H2,1-3H3. The molecule has 0 aromatic heterocycles. The summed E-state index contributed by atoms with van der Waals surface area (Å²) in [6.45, 7) is 2.64. The lowest BCUT2D eigenvalue weighted by atomic mass is 10.0. The van der Waals surface area contributed by atoms with Gasteiger partial charge < -0.3 is 19.3 Å². The van der Waals surface area contributed by atoms with Crippen molar-refractivity contribution < 1.29 is 24.0 Å². The number of methoxy groups -OCH3 is 2. The van der Waals surface area contributed by atoms with Crippen molar-refractivity contribution in [2.24, 2.45) is 0 Å². The Morgan fingerprint density at radius 1 is 0.879 bits per heavy atom. The largest absolute Gasteiger partial charge is 0.497 e. The number of nitrogens with zero attached hydrogens (tertiary/aromatic N) is 4. The molecule has 0 aliphatic carbocycles. The number of carbonyl (C=O) groups excluding carboxylic acids is 2. The number of rotatable bonds is 6. The van der Waals surface area contributed by atoms with Crippen LogP contribution in [0, 0.1) is 10.1 Å². The van der Waals surface area contributed by atoms with Crippen LogP contribution in [0.4, 0.5) is 11.4 Å². The molecule has 0 bridgehead atoms. The molecule has 2 aliphatic rings. The van der Waals surface area contributed by atoms with Gasteiger partial charge in [0.05, 0.1) is 30.4 Å². The number of nitro benzene ring substituents is 1. The van der Waals surface area contributed by atoms with E-state index in [9.17, 15) is 19.7 Å². The van der Waals surface area contributed by atoms with Crippen LogP contribution < -0.4 is 14.4 Å². The Balaban J connectivity index is 1.82. The van der Waals surface area contributed by atoms with Crippen molar-refractivity contribution in [1.29, 1.82) is 0 Å². The van der Waals surface area contributed by atoms with E-state index in [1.165, 1.54) is 38.5 Å². The summed E-state index contributed by atoms with van der Waals surface area (Å²) in [5.74, 6) is -0.0731. The first kappa shape index (κ1) is 22.3. The van der Waals surface area contributed by atoms with Crippen molar-refractivity contribution in [3.8, 4) is 11.5 Å². The van der Waals surface area contributed by atoms with Crippen LogP contribution in [0.3, 0.4) is 0 Å². The number of anilines is 1. The summed E-state index contributed by atoms with van der Waals surface area (Å²) >= 11 is 0. The lowest BCUT2D eigenvalue weighted by Gasteiger charge is -2.34. The molecule has 4 rings (SSSR count). The molecule has 10 nitrogen and oxygen atoms in total. The van der Waals surface area contributed by atoms with Gasteiger partial charge in [-0.3, -0.25) is 19.7 Å². The summed E-state index contributed by atoms with van der Waals surface area (Å²) in [7, 11) is 4.98. The highest BCUT2D eigenvalue weighted by atomic mass is 16.6. The second-order valence-corrected chi connectivity index (χ2v) is 7.83. The van der Waals surface area contributed by atoms with Gasteiger partial charge in [-0.25, -0.2) is 4.90 Å². The van der Waals surface area contributed by atoms with Crippen LogP contribution in [-0.2, 0) is 9.59 Å². The quantitative estimate of drug-likeness (QED) is 0.373. The number of hydrogen-bond acceptors (Lipinski definition) is 8. The number of piperazine rings is 1. The molecular formula is C23H24N4O6. The number of carbonyl (C=O) groups is 2. The molecule has 0 radical (unpaired) electrons. The number of non-ortho nitro benzene ring substituents is 1. The van der Waals surface area contributed by atoms with Crippen molar-refractivity contribution in [2.45, 2.75) is 0 Å². The Morgan fingerprint density at radius 2 is 1.45 bits per heavy atom. The van der Waals surface area contributed by atoms with Gasteiger partial charge in [-0.05, 0) is 24.7 Å². The SMILES string of the molecule is COc1cc(OC)cc(N2C(=O)C(c3ccc([N+](=O)[O-])cc3)=C(N3CCN(C)CC3)C2=O)c1. The Kier molecular flexibility index (Phi) is 6.01. The van der Waals surface area contributed by atoms with Crippen LogP contribution in [0.5, 0.6) is 11.5 Å². The van der Waals surface area contributed by atoms with Crippen molar-refractivity contribution in [2.75, 3.05) is 52.3 Å². The Bertz CT molecular complexity index is 1110. The van der Waals surface area contributed by atoms with Gasteiger partial charge in [-0.15, -0.1) is 0 Å². The zero-order valence-electron chi connectivity index (χ0n) is 18.6. The third-order valence-electron chi connectivity index (χ3n) is 5.84. The van der Waals surface area contributed by atoms with E-state index >= 15 is 0 Å². The van der Waals surface area contributed by atoms with Crippen LogP contribution in [0.2, 0.25) is 0 Å². The number of ether oxygens (including phenoxy) is 2. The fourth-order valence-electron chi connectivity index (χ4n) is 4.01. The Hall–Kier alpha value is -3.92. The minimum Gasteiger partial charge on any atom is -0.497 e. The fourth-order valence-corrected chi connectivity index (χ4v) is 4.01. The zero-order chi connectivity index (χ0) is 23.7. The number of likely N-dealkylation sites (N-methyl/N-ethyl adjacent to an activating group) is 1. The second-order valence-electron chi connectivity index (χ2n) is 7.83. The summed E-state index contributed by atoms with van der Waals surface area (Å²) < 4.78 is 10.6. The molecule has 0 spiro atoms. The highest BCUT2D eigenvalue weighted by Gasteiger charge is 2.43. The van der Waals surface area contributed by atoms with Crippen molar-refractivity contribution in [1.82, 2.24) is 9.80 Å². The van der Waals surface area contributed by atoms with Crippen LogP contribution in [0.15, 0.2) is 48.2 Å². The van der Waals surface area contributed by atoms with E-state index in [-0.39, 0.29) is 11.3 Å². The number of nitro groups is 1. The molecule has 1 saturated heterocycles. The van der Waals surface area contributed by atoms with E-state index in [1.54, 1.807) is 18.2 Å². The summed E-state index contributed by atoms with van der Waals surface area (Å²) in [6, 6.07) is 10.5. The highest BCUT2D eigenvalue weighted by Crippen LogP contribution is 2.38. The summed E-state index contributed by atoms with van der Waals surface area (Å²) in [5, 5.41) is 11.1. The summed E-state index contributed by atoms with van der Waals surface area (Å²) in [4.78, 5) is 43.0. The van der Waals surface area contributed by atoms with Gasteiger partial charge in [0, 0.05) is 56.5 Å². The number of amides is 2. The average molecular weight is 452 g/mol. The molecule has 1 fully saturated rings. The van der Waals surface area contributed by atoms with Crippen LogP contribution in [0.25, 0.3) is 5.57 Å². The number of benzene rings is 2. The highest BCUT2D eigenvalue weighted by molar-refractivity contribution is 6.45. The summed E-state index contributed by atoms with van der Waals surface area (Å²) in [6.07, 6.45) is 0. The molecule has 2 aromatic carbocycles. The molecule has 2 aromatic rings. The first-order valence-electron chi connectivity index (χ1n) is 10.4. The van der Waals surface area contributed by atoms with Crippen molar-refractivity contribution >= 4 is 28.8 Å². The molecule has 2 heterocycles. The molecule has 2 amide bonds. The predicted molar refractivity (Wildman–Crippen MR) is 121 cm³/mol. The average Bonchev–Trinajstić information content (AvgIpc) is 3.09. The second kappa shape index (κ2) is 8.91. The lowest BCUT2D eigenvalue weighted by Crippen LogP contribution is -2.46. The summed E-state index contributed by atoms with van der Waals surface area (Å²) in [5.41, 5.74) is 1.20. The fraction of sp³-hybridized carbons (Fsp3) is 0.304. The van der Waals surface area contributed by atoms with Gasteiger partial charge in [0.2, 0.25) is 0 Å². The lowest BCUT2D eigenvalue weighted by molar-refractivity contribution is -0.384. The van der Waals surface area contributed by atoms with Gasteiger partial charge in [-0.2, -0.15) is 0 Å². The smallest absolute Gasteiger partial charge is 0.282 e. The Morgan fingerprint density at radius 3 is 1.97 bits per heavy atom. The maximum Gasteiger partial charge on any atom is 0.282 e. The zero-order valence-corrected chi connectivity index (χ0v) is 18.6. The van der Waals surface area contributed by atoms with Crippen molar-refractivity contribution in [3.05, 3.63) is 63.8 Å². The predicted octanol–water partition coefficient (Wildman–Crippen LogP) is 2.14. The molecule has 0 atom stereocenters. The van der Waals surface area contributed by atoms with E-state index in [0.29, 0.717) is 41.5 Å². The van der Waals surface area contributed by atoms with Crippen LogP contribution in [0.1, 0.15) is 5.56 Å². The Labute approximate surface area is 190 Å². The third-order valence-corrected chi connectivity index (χ3v) is 5.84. The maximum absolute atomic E-state index is 13.7.